The molecule has 2 fully saturated rings. The third-order valence-electron chi connectivity index (χ3n) is 5.07. The van der Waals surface area contributed by atoms with Crippen LogP contribution in [-0.4, -0.2) is 99.4 Å². The monoisotopic (exact) mass is 330 g/mol. The molecular weight excluding hydrogens is 298 g/mol. The SMILES string of the molecule is COC1OC(CO)C(C)CC1NC(=O)CN1CC[N+](C)(C)CC1. The van der Waals surface area contributed by atoms with Crippen molar-refractivity contribution in [3.05, 3.63) is 0 Å². The molecule has 1 amide bonds. The lowest BCUT2D eigenvalue weighted by atomic mass is 9.92. The van der Waals surface area contributed by atoms with Crippen LogP contribution < -0.4 is 5.32 Å². The van der Waals surface area contributed by atoms with Crippen LogP contribution in [0.4, 0.5) is 0 Å². The number of hydrogen-bond acceptors (Lipinski definition) is 5. The minimum Gasteiger partial charge on any atom is -0.394 e. The lowest BCUT2D eigenvalue weighted by Crippen LogP contribution is -2.58. The predicted molar refractivity (Wildman–Crippen MR) is 86.7 cm³/mol. The van der Waals surface area contributed by atoms with E-state index in [1.807, 2.05) is 6.92 Å². The topological polar surface area (TPSA) is 71.0 Å². The van der Waals surface area contributed by atoms with E-state index in [4.69, 9.17) is 9.47 Å². The first kappa shape index (κ1) is 18.6. The van der Waals surface area contributed by atoms with E-state index in [2.05, 4.69) is 24.3 Å². The number of carbonyl (C=O) groups excluding carboxylic acids is 1. The third-order valence-corrected chi connectivity index (χ3v) is 5.07. The molecule has 2 saturated heterocycles. The summed E-state index contributed by atoms with van der Waals surface area (Å²) in [5.41, 5.74) is 0. The van der Waals surface area contributed by atoms with Gasteiger partial charge in [0.05, 0.1) is 52.5 Å². The number of methoxy groups -OCH3 is 1. The molecule has 0 aromatic heterocycles. The van der Waals surface area contributed by atoms with Gasteiger partial charge in [-0.15, -0.1) is 0 Å². The normalized spacial score (nSPS) is 35.0. The van der Waals surface area contributed by atoms with E-state index in [1.54, 1.807) is 7.11 Å². The maximum atomic E-state index is 12.3. The summed E-state index contributed by atoms with van der Waals surface area (Å²) >= 11 is 0. The van der Waals surface area contributed by atoms with Crippen molar-refractivity contribution < 1.29 is 23.9 Å². The Morgan fingerprint density at radius 2 is 2.04 bits per heavy atom. The number of nitrogens with one attached hydrogen (secondary N) is 1. The first-order chi connectivity index (χ1) is 10.8. The highest BCUT2D eigenvalue weighted by Crippen LogP contribution is 2.25. The smallest absolute Gasteiger partial charge is 0.234 e. The standard InChI is InChI=1S/C16H31N3O4/c1-12-9-13(16(22-4)23-14(12)11-20)17-15(21)10-18-5-7-19(2,3)8-6-18/h12-14,16,20H,5-11H2,1-4H3/p+1. The number of likely N-dealkylation sites (N-methyl/N-ethyl adjacent to an activating group) is 1. The number of quaternary nitrogens is 1. The van der Waals surface area contributed by atoms with Gasteiger partial charge >= 0.3 is 0 Å². The quantitative estimate of drug-likeness (QED) is 0.649. The zero-order chi connectivity index (χ0) is 17.0. The molecule has 7 heteroatoms. The van der Waals surface area contributed by atoms with Gasteiger partial charge in [-0.25, -0.2) is 0 Å². The molecule has 2 aliphatic rings. The molecule has 2 N–H and O–H groups in total. The lowest BCUT2D eigenvalue weighted by Gasteiger charge is -2.40. The molecule has 0 aromatic rings. The number of carbonyl (C=O) groups is 1. The molecule has 0 bridgehead atoms. The van der Waals surface area contributed by atoms with E-state index in [0.717, 1.165) is 37.1 Å². The van der Waals surface area contributed by atoms with Gasteiger partial charge in [0.2, 0.25) is 5.91 Å². The van der Waals surface area contributed by atoms with Crippen molar-refractivity contribution in [3.8, 4) is 0 Å². The van der Waals surface area contributed by atoms with Crippen LogP contribution in [0.3, 0.4) is 0 Å². The van der Waals surface area contributed by atoms with Crippen LogP contribution in [0.1, 0.15) is 13.3 Å². The minimum atomic E-state index is -0.496. The molecule has 2 aliphatic heterocycles. The number of amides is 1. The number of ether oxygens (including phenoxy) is 2. The van der Waals surface area contributed by atoms with Crippen LogP contribution in [0.2, 0.25) is 0 Å². The van der Waals surface area contributed by atoms with Gasteiger partial charge in [0, 0.05) is 20.2 Å². The second-order valence-corrected chi connectivity index (χ2v) is 7.51. The van der Waals surface area contributed by atoms with Crippen LogP contribution >= 0.6 is 0 Å². The van der Waals surface area contributed by atoms with E-state index in [-0.39, 0.29) is 30.6 Å². The average Bonchev–Trinajstić information content (AvgIpc) is 2.50. The van der Waals surface area contributed by atoms with Crippen molar-refractivity contribution in [1.29, 1.82) is 0 Å². The van der Waals surface area contributed by atoms with Gasteiger partial charge in [0.25, 0.3) is 0 Å². The molecule has 0 aliphatic carbocycles. The fraction of sp³-hybridized carbons (Fsp3) is 0.938. The number of aliphatic hydroxyl groups excluding tert-OH is 1. The molecule has 0 saturated carbocycles. The van der Waals surface area contributed by atoms with Gasteiger partial charge in [-0.2, -0.15) is 0 Å². The first-order valence-electron chi connectivity index (χ1n) is 8.47. The van der Waals surface area contributed by atoms with Crippen molar-refractivity contribution in [2.75, 3.05) is 60.5 Å². The fourth-order valence-corrected chi connectivity index (χ4v) is 3.30. The zero-order valence-electron chi connectivity index (χ0n) is 14.8. The van der Waals surface area contributed by atoms with Crippen LogP contribution in [0.5, 0.6) is 0 Å². The predicted octanol–water partition coefficient (Wildman–Crippen LogP) is -0.747. The molecule has 134 valence electrons. The number of rotatable bonds is 5. The largest absolute Gasteiger partial charge is 0.394 e. The second kappa shape index (κ2) is 7.90. The summed E-state index contributed by atoms with van der Waals surface area (Å²) in [7, 11) is 6.01. The Morgan fingerprint density at radius 1 is 1.39 bits per heavy atom. The number of aliphatic hydroxyl groups is 1. The number of piperazine rings is 1. The zero-order valence-corrected chi connectivity index (χ0v) is 14.8. The molecule has 4 unspecified atom stereocenters. The Kier molecular flexibility index (Phi) is 6.39. The van der Waals surface area contributed by atoms with E-state index in [9.17, 15) is 9.90 Å². The van der Waals surface area contributed by atoms with Gasteiger partial charge < -0.3 is 24.4 Å². The summed E-state index contributed by atoms with van der Waals surface area (Å²) < 4.78 is 12.1. The molecule has 2 heterocycles. The fourth-order valence-electron chi connectivity index (χ4n) is 3.30. The Balaban J connectivity index is 1.82. The summed E-state index contributed by atoms with van der Waals surface area (Å²) in [6.45, 7) is 6.44. The number of hydrogen-bond donors (Lipinski definition) is 2. The van der Waals surface area contributed by atoms with Gasteiger partial charge in [0.1, 0.15) is 0 Å². The highest BCUT2D eigenvalue weighted by Gasteiger charge is 2.37. The Labute approximate surface area is 139 Å². The van der Waals surface area contributed by atoms with Gasteiger partial charge in [-0.3, -0.25) is 9.69 Å². The van der Waals surface area contributed by atoms with Crippen molar-refractivity contribution in [2.45, 2.75) is 31.8 Å². The molecule has 23 heavy (non-hydrogen) atoms. The summed E-state index contributed by atoms with van der Waals surface area (Å²) in [5, 5.41) is 12.4. The summed E-state index contributed by atoms with van der Waals surface area (Å²) in [5.74, 6) is 0.201. The lowest BCUT2D eigenvalue weighted by molar-refractivity contribution is -0.894. The van der Waals surface area contributed by atoms with Crippen LogP contribution in [0.25, 0.3) is 0 Å². The number of nitrogens with zero attached hydrogens (tertiary/aromatic N) is 2. The molecule has 0 radical (unpaired) electrons. The highest BCUT2D eigenvalue weighted by molar-refractivity contribution is 5.78. The summed E-state index contributed by atoms with van der Waals surface area (Å²) in [6, 6.07) is -0.165. The molecule has 2 rings (SSSR count). The first-order valence-corrected chi connectivity index (χ1v) is 8.47. The van der Waals surface area contributed by atoms with E-state index < -0.39 is 6.29 Å². The molecule has 7 nitrogen and oxygen atoms in total. The molecule has 0 aromatic carbocycles. The molecule has 0 spiro atoms. The Hall–Kier alpha value is -0.730. The van der Waals surface area contributed by atoms with Crippen LogP contribution in [0, 0.1) is 5.92 Å². The van der Waals surface area contributed by atoms with Crippen molar-refractivity contribution in [1.82, 2.24) is 10.2 Å². The third kappa shape index (κ3) is 5.12. The second-order valence-electron chi connectivity index (χ2n) is 7.51. The van der Waals surface area contributed by atoms with Crippen molar-refractivity contribution in [2.24, 2.45) is 5.92 Å². The van der Waals surface area contributed by atoms with Crippen LogP contribution in [-0.2, 0) is 14.3 Å². The van der Waals surface area contributed by atoms with E-state index >= 15 is 0 Å². The Bertz CT molecular complexity index is 395. The van der Waals surface area contributed by atoms with Crippen LogP contribution in [0.15, 0.2) is 0 Å². The van der Waals surface area contributed by atoms with Gasteiger partial charge in [-0.1, -0.05) is 6.92 Å². The molecular formula is C16H32N3O4+. The summed E-state index contributed by atoms with van der Waals surface area (Å²) in [4.78, 5) is 14.5. The molecule has 4 atom stereocenters. The van der Waals surface area contributed by atoms with Gasteiger partial charge in [0.15, 0.2) is 6.29 Å². The highest BCUT2D eigenvalue weighted by atomic mass is 16.7. The van der Waals surface area contributed by atoms with Gasteiger partial charge in [-0.05, 0) is 12.3 Å². The van der Waals surface area contributed by atoms with E-state index in [0.29, 0.717) is 6.54 Å². The maximum absolute atomic E-state index is 12.3. The summed E-state index contributed by atoms with van der Waals surface area (Å²) in [6.07, 6.45) is 0.0267. The van der Waals surface area contributed by atoms with Crippen molar-refractivity contribution in [3.63, 3.8) is 0 Å². The minimum absolute atomic E-state index is 0.0162. The van der Waals surface area contributed by atoms with Crippen molar-refractivity contribution >= 4 is 5.91 Å². The Morgan fingerprint density at radius 3 is 2.61 bits per heavy atom. The van der Waals surface area contributed by atoms with E-state index in [1.165, 1.54) is 0 Å². The average molecular weight is 330 g/mol. The maximum Gasteiger partial charge on any atom is 0.234 e.